The lowest BCUT2D eigenvalue weighted by Crippen LogP contribution is -2.38. The number of aryl methyl sites for hydroxylation is 1. The zero-order valence-corrected chi connectivity index (χ0v) is 27.0. The summed E-state index contributed by atoms with van der Waals surface area (Å²) in [4.78, 5) is 15.4. The van der Waals surface area contributed by atoms with Crippen LogP contribution in [0.15, 0.2) is 164 Å². The molecule has 1 aliphatic heterocycles. The van der Waals surface area contributed by atoms with E-state index in [9.17, 15) is 0 Å². The summed E-state index contributed by atoms with van der Waals surface area (Å²) in [6.07, 6.45) is 4.29. The van der Waals surface area contributed by atoms with Crippen molar-refractivity contribution in [2.75, 3.05) is 0 Å². The maximum absolute atomic E-state index is 3.84. The number of hydrogen-bond donors (Lipinski definition) is 4. The second-order valence-corrected chi connectivity index (χ2v) is 12.5. The molecule has 5 heteroatoms. The average molecular weight is 633 g/mol. The monoisotopic (exact) mass is 632 g/mol. The Morgan fingerprint density at radius 3 is 1.24 bits per heavy atom. The first-order valence-corrected chi connectivity index (χ1v) is 16.6. The molecule has 0 amide bonds. The lowest BCUT2D eigenvalue weighted by Gasteiger charge is -2.09. The Bertz CT molecular complexity index is 2700. The van der Waals surface area contributed by atoms with Gasteiger partial charge in [0.05, 0.1) is 0 Å². The van der Waals surface area contributed by atoms with Crippen LogP contribution >= 0.6 is 0 Å². The van der Waals surface area contributed by atoms with E-state index in [0.29, 0.717) is 0 Å². The van der Waals surface area contributed by atoms with Crippen molar-refractivity contribution in [3.63, 3.8) is 0 Å². The van der Waals surface area contributed by atoms with Crippen LogP contribution in [0.2, 0.25) is 0 Å². The standard InChI is InChI=1S/C44H34N5/c1-29-12-11-27-49(28-29)44-39-25-23-37(47-39)42(31-15-7-3-8-16-31)35-21-19-33(45-35)41(30-13-5-2-6-14-30)34-20-22-36(46-34)43(32-17-9-4-10-18-32)38-24-26-40(44)48-38/h2-28,45-48H,1H3/q+1. The van der Waals surface area contributed by atoms with E-state index < -0.39 is 0 Å². The highest BCUT2D eigenvalue weighted by atomic mass is 15.0. The molecule has 0 saturated heterocycles. The minimum Gasteiger partial charge on any atom is -0.354 e. The number of H-pyrrole nitrogens is 4. The van der Waals surface area contributed by atoms with E-state index in [1.54, 1.807) is 0 Å². The number of benzene rings is 3. The minimum atomic E-state index is 1.01. The largest absolute Gasteiger partial charge is 0.354 e. The van der Waals surface area contributed by atoms with E-state index in [4.69, 9.17) is 0 Å². The summed E-state index contributed by atoms with van der Waals surface area (Å²) in [7, 11) is 0. The number of pyridine rings is 1. The van der Waals surface area contributed by atoms with E-state index in [2.05, 4.69) is 195 Å². The number of aromatic nitrogens is 5. The highest BCUT2D eigenvalue weighted by Crippen LogP contribution is 2.26. The van der Waals surface area contributed by atoms with Gasteiger partial charge in [0, 0.05) is 61.5 Å². The molecular weight excluding hydrogens is 599 g/mol. The Hall–Kier alpha value is -6.59. The Morgan fingerprint density at radius 1 is 0.367 bits per heavy atom. The van der Waals surface area contributed by atoms with Gasteiger partial charge in [-0.25, -0.2) is 0 Å². The lowest BCUT2D eigenvalue weighted by atomic mass is 10.0. The van der Waals surface area contributed by atoms with Crippen LogP contribution in [0.5, 0.6) is 0 Å². The average Bonchev–Trinajstić information content (AvgIpc) is 3.97. The Balaban J connectivity index is 1.44. The summed E-state index contributed by atoms with van der Waals surface area (Å²) < 4.78 is 2.20. The van der Waals surface area contributed by atoms with Gasteiger partial charge in [0.25, 0.3) is 5.70 Å². The van der Waals surface area contributed by atoms with Crippen LogP contribution in [-0.4, -0.2) is 19.9 Å². The third-order valence-corrected chi connectivity index (χ3v) is 9.26. The van der Waals surface area contributed by atoms with Gasteiger partial charge < -0.3 is 19.9 Å². The summed E-state index contributed by atoms with van der Waals surface area (Å²) in [5, 5.41) is 4.10. The lowest BCUT2D eigenvalue weighted by molar-refractivity contribution is -0.580. The molecule has 0 spiro atoms. The molecule has 4 N–H and O–H groups in total. The number of nitrogens with zero attached hydrogens (tertiary/aromatic N) is 1. The first kappa shape index (κ1) is 28.6. The van der Waals surface area contributed by atoms with E-state index in [-0.39, 0.29) is 0 Å². The van der Waals surface area contributed by atoms with Gasteiger partial charge in [0.2, 0.25) is 0 Å². The number of aromatic amines is 4. The second-order valence-electron chi connectivity index (χ2n) is 12.5. The van der Waals surface area contributed by atoms with Gasteiger partial charge in [-0.3, -0.25) is 0 Å². The quantitative estimate of drug-likeness (QED) is 0.189. The number of hydrogen-bond acceptors (Lipinski definition) is 0. The SMILES string of the molecule is Cc1ccc[n+](C2=c3ccc([nH]3)=C(c3ccccc3)c3ccc([nH]3)C(c3ccccc3)=c3ccc([nH]3)=C(c3ccccc3)c3ccc2[nH]3)c1. The summed E-state index contributed by atoms with van der Waals surface area (Å²) >= 11 is 0. The van der Waals surface area contributed by atoms with E-state index in [0.717, 1.165) is 83.3 Å². The molecular formula is C44H34N5+. The Morgan fingerprint density at radius 2 is 0.776 bits per heavy atom. The fourth-order valence-electron chi connectivity index (χ4n) is 7.07. The zero-order valence-electron chi connectivity index (χ0n) is 27.0. The first-order chi connectivity index (χ1) is 24.2. The van der Waals surface area contributed by atoms with Crippen LogP contribution in [0.1, 0.15) is 45.0 Å². The third kappa shape index (κ3) is 5.18. The van der Waals surface area contributed by atoms with Gasteiger partial charge >= 0.3 is 0 Å². The maximum Gasteiger partial charge on any atom is 0.257 e. The van der Waals surface area contributed by atoms with Gasteiger partial charge in [-0.15, -0.1) is 0 Å². The van der Waals surface area contributed by atoms with Crippen LogP contribution in [0, 0.1) is 6.92 Å². The summed E-state index contributed by atoms with van der Waals surface area (Å²) in [6.45, 7) is 2.13. The molecule has 0 radical (unpaired) electrons. The molecule has 0 atom stereocenters. The maximum atomic E-state index is 3.84. The molecule has 6 heterocycles. The molecule has 0 fully saturated rings. The van der Waals surface area contributed by atoms with Crippen LogP contribution in [0.3, 0.4) is 0 Å². The van der Waals surface area contributed by atoms with Gasteiger partial charge in [-0.05, 0) is 78.2 Å². The molecule has 8 aromatic rings. The molecule has 8 bridgehead atoms. The zero-order chi connectivity index (χ0) is 32.7. The van der Waals surface area contributed by atoms with E-state index in [1.807, 2.05) is 0 Å². The van der Waals surface area contributed by atoms with Crippen molar-refractivity contribution in [2.45, 2.75) is 6.92 Å². The van der Waals surface area contributed by atoms with E-state index >= 15 is 0 Å². The molecule has 5 nitrogen and oxygen atoms in total. The third-order valence-electron chi connectivity index (χ3n) is 9.26. The number of nitrogens with one attached hydrogen (secondary N) is 4. The van der Waals surface area contributed by atoms with Gasteiger partial charge in [-0.2, -0.15) is 4.57 Å². The normalized spacial score (nSPS) is 12.8. The molecule has 3 aromatic carbocycles. The van der Waals surface area contributed by atoms with Gasteiger partial charge in [0.1, 0.15) is 11.0 Å². The summed E-state index contributed by atoms with van der Waals surface area (Å²) in [6, 6.07) is 53.6. The summed E-state index contributed by atoms with van der Waals surface area (Å²) in [5.41, 5.74) is 13.0. The molecule has 9 rings (SSSR count). The topological polar surface area (TPSA) is 67.0 Å². The predicted octanol–water partition coefficient (Wildman–Crippen LogP) is 5.36. The summed E-state index contributed by atoms with van der Waals surface area (Å²) in [5.74, 6) is 0. The van der Waals surface area contributed by atoms with Crippen LogP contribution in [0.25, 0.3) is 22.4 Å². The smallest absolute Gasteiger partial charge is 0.257 e. The molecule has 234 valence electrons. The fraction of sp³-hybridized carbons (Fsp3) is 0.0227. The second kappa shape index (κ2) is 11.9. The number of rotatable bonds is 4. The first-order valence-electron chi connectivity index (χ1n) is 16.6. The Kier molecular flexibility index (Phi) is 6.95. The van der Waals surface area contributed by atoms with Gasteiger partial charge in [-0.1, -0.05) is 91.0 Å². The van der Waals surface area contributed by atoms with Crippen molar-refractivity contribution in [2.24, 2.45) is 0 Å². The van der Waals surface area contributed by atoms with Crippen molar-refractivity contribution in [1.82, 2.24) is 19.9 Å². The molecule has 0 saturated carbocycles. The highest BCUT2D eigenvalue weighted by molar-refractivity contribution is 5.83. The molecule has 49 heavy (non-hydrogen) atoms. The molecule has 0 unspecified atom stereocenters. The van der Waals surface area contributed by atoms with Crippen molar-refractivity contribution < 1.29 is 4.57 Å². The van der Waals surface area contributed by atoms with Crippen molar-refractivity contribution in [3.8, 4) is 0 Å². The van der Waals surface area contributed by atoms with Crippen molar-refractivity contribution >= 4 is 22.4 Å². The Labute approximate surface area is 283 Å². The minimum absolute atomic E-state index is 1.01. The van der Waals surface area contributed by atoms with Crippen LogP contribution in [0.4, 0.5) is 0 Å². The van der Waals surface area contributed by atoms with Crippen LogP contribution in [-0.2, 0) is 0 Å². The van der Waals surface area contributed by atoms with Crippen molar-refractivity contribution in [1.29, 1.82) is 0 Å². The highest BCUT2D eigenvalue weighted by Gasteiger charge is 2.21. The van der Waals surface area contributed by atoms with Crippen molar-refractivity contribution in [3.05, 3.63) is 230 Å². The molecule has 1 aliphatic rings. The van der Waals surface area contributed by atoms with E-state index in [1.165, 1.54) is 5.56 Å². The predicted molar refractivity (Wildman–Crippen MR) is 195 cm³/mol. The molecule has 5 aromatic heterocycles. The van der Waals surface area contributed by atoms with Crippen LogP contribution < -0.4 is 26.0 Å². The molecule has 0 aliphatic carbocycles. The fourth-order valence-corrected chi connectivity index (χ4v) is 7.07. The number of fused-ring (bicyclic) bond motifs is 8. The van der Waals surface area contributed by atoms with Gasteiger partial charge in [0.15, 0.2) is 12.4 Å².